The Labute approximate surface area is 104 Å². The van der Waals surface area contributed by atoms with Gasteiger partial charge in [0.1, 0.15) is 23.7 Å². The molecule has 2 rings (SSSR count). The molecule has 1 unspecified atom stereocenters. The van der Waals surface area contributed by atoms with Gasteiger partial charge >= 0.3 is 0 Å². The predicted molar refractivity (Wildman–Crippen MR) is 63.9 cm³/mol. The summed E-state index contributed by atoms with van der Waals surface area (Å²) < 4.78 is 28.0. The molecule has 1 aromatic carbocycles. The number of hydrogen-bond acceptors (Lipinski definition) is 2. The van der Waals surface area contributed by atoms with Crippen LogP contribution in [-0.4, -0.2) is 14.7 Å². The van der Waals surface area contributed by atoms with Crippen molar-refractivity contribution in [1.29, 1.82) is 0 Å². The van der Waals surface area contributed by atoms with Crippen molar-refractivity contribution in [2.75, 3.05) is 0 Å². The van der Waals surface area contributed by atoms with Crippen LogP contribution in [0.5, 0.6) is 0 Å². The third kappa shape index (κ3) is 2.26. The summed E-state index contributed by atoms with van der Waals surface area (Å²) in [4.78, 5) is 4.25. The van der Waals surface area contributed by atoms with Crippen LogP contribution in [0.4, 0.5) is 8.78 Å². The van der Waals surface area contributed by atoms with Gasteiger partial charge in [0.15, 0.2) is 0 Å². The van der Waals surface area contributed by atoms with E-state index in [2.05, 4.69) is 4.98 Å². The lowest BCUT2D eigenvalue weighted by Gasteiger charge is -2.08. The van der Waals surface area contributed by atoms with Crippen LogP contribution in [-0.2, 0) is 6.42 Å². The zero-order chi connectivity index (χ0) is 13.3. The second-order valence-electron chi connectivity index (χ2n) is 4.06. The summed E-state index contributed by atoms with van der Waals surface area (Å²) in [5.41, 5.74) is 0.621. The van der Waals surface area contributed by atoms with Crippen molar-refractivity contribution in [3.8, 4) is 11.3 Å². The SMILES string of the molecule is CCc1nc(-c2ccc(F)cc2F)cn1C(C)O. The minimum atomic E-state index is -0.732. The van der Waals surface area contributed by atoms with Crippen molar-refractivity contribution in [2.24, 2.45) is 0 Å². The third-order valence-electron chi connectivity index (χ3n) is 2.73. The molecule has 0 fully saturated rings. The summed E-state index contributed by atoms with van der Waals surface area (Å²) in [6.45, 7) is 3.50. The van der Waals surface area contributed by atoms with Crippen molar-refractivity contribution >= 4 is 0 Å². The Kier molecular flexibility index (Phi) is 3.43. The van der Waals surface area contributed by atoms with Crippen molar-refractivity contribution in [2.45, 2.75) is 26.5 Å². The third-order valence-corrected chi connectivity index (χ3v) is 2.73. The molecule has 1 heterocycles. The zero-order valence-electron chi connectivity index (χ0n) is 10.2. The molecule has 5 heteroatoms. The van der Waals surface area contributed by atoms with Gasteiger partial charge in [-0.2, -0.15) is 0 Å². The molecule has 1 atom stereocenters. The summed E-state index contributed by atoms with van der Waals surface area (Å²) in [5, 5.41) is 9.58. The van der Waals surface area contributed by atoms with E-state index in [-0.39, 0.29) is 5.56 Å². The van der Waals surface area contributed by atoms with Crippen LogP contribution >= 0.6 is 0 Å². The Morgan fingerprint density at radius 1 is 1.39 bits per heavy atom. The zero-order valence-corrected chi connectivity index (χ0v) is 10.2. The van der Waals surface area contributed by atoms with E-state index >= 15 is 0 Å². The summed E-state index contributed by atoms with van der Waals surface area (Å²) in [6.07, 6.45) is 1.46. The van der Waals surface area contributed by atoms with Gasteiger partial charge < -0.3 is 9.67 Å². The van der Waals surface area contributed by atoms with E-state index in [0.29, 0.717) is 17.9 Å². The molecule has 3 nitrogen and oxygen atoms in total. The number of aliphatic hydroxyl groups excluding tert-OH is 1. The number of aromatic nitrogens is 2. The Hall–Kier alpha value is -1.75. The average Bonchev–Trinajstić information content (AvgIpc) is 2.73. The van der Waals surface area contributed by atoms with Gasteiger partial charge in [-0.1, -0.05) is 6.92 Å². The molecule has 2 aromatic rings. The van der Waals surface area contributed by atoms with Crippen LogP contribution in [0.25, 0.3) is 11.3 Å². The molecule has 0 spiro atoms. The maximum Gasteiger partial charge on any atom is 0.135 e. The van der Waals surface area contributed by atoms with E-state index in [1.54, 1.807) is 17.7 Å². The first kappa shape index (κ1) is 12.7. The Morgan fingerprint density at radius 3 is 2.61 bits per heavy atom. The van der Waals surface area contributed by atoms with Crippen molar-refractivity contribution in [1.82, 2.24) is 9.55 Å². The molecule has 0 saturated carbocycles. The van der Waals surface area contributed by atoms with Gasteiger partial charge in [0, 0.05) is 24.2 Å². The lowest BCUT2D eigenvalue weighted by molar-refractivity contribution is 0.121. The van der Waals surface area contributed by atoms with E-state index in [9.17, 15) is 13.9 Å². The summed E-state index contributed by atoms with van der Waals surface area (Å²) in [7, 11) is 0. The Bertz CT molecular complexity index is 564. The number of rotatable bonds is 3. The highest BCUT2D eigenvalue weighted by molar-refractivity contribution is 5.59. The van der Waals surface area contributed by atoms with Crippen LogP contribution in [0.2, 0.25) is 0 Å². The minimum Gasteiger partial charge on any atom is -0.374 e. The fraction of sp³-hybridized carbons (Fsp3) is 0.308. The summed E-state index contributed by atoms with van der Waals surface area (Å²) in [5.74, 6) is -0.626. The maximum absolute atomic E-state index is 13.6. The van der Waals surface area contributed by atoms with E-state index in [1.165, 1.54) is 12.1 Å². The normalized spacial score (nSPS) is 12.7. The second-order valence-corrected chi connectivity index (χ2v) is 4.06. The van der Waals surface area contributed by atoms with Crippen LogP contribution in [0, 0.1) is 11.6 Å². The van der Waals surface area contributed by atoms with Gasteiger partial charge in [0.05, 0.1) is 5.69 Å². The number of benzene rings is 1. The van der Waals surface area contributed by atoms with Crippen molar-refractivity contribution < 1.29 is 13.9 Å². The Morgan fingerprint density at radius 2 is 2.11 bits per heavy atom. The number of halogens is 2. The molecular weight excluding hydrogens is 238 g/mol. The molecule has 1 N–H and O–H groups in total. The lowest BCUT2D eigenvalue weighted by atomic mass is 10.1. The van der Waals surface area contributed by atoms with Gasteiger partial charge in [0.25, 0.3) is 0 Å². The highest BCUT2D eigenvalue weighted by Gasteiger charge is 2.14. The van der Waals surface area contributed by atoms with Crippen molar-refractivity contribution in [3.05, 3.63) is 41.9 Å². The van der Waals surface area contributed by atoms with Gasteiger partial charge in [-0.05, 0) is 19.1 Å². The number of nitrogens with zero attached hydrogens (tertiary/aromatic N) is 2. The first-order valence-electron chi connectivity index (χ1n) is 5.74. The van der Waals surface area contributed by atoms with Crippen molar-refractivity contribution in [3.63, 3.8) is 0 Å². The molecule has 96 valence electrons. The molecule has 0 amide bonds. The number of imidazole rings is 1. The van der Waals surface area contributed by atoms with Crippen LogP contribution < -0.4 is 0 Å². The second kappa shape index (κ2) is 4.86. The number of aliphatic hydroxyl groups is 1. The topological polar surface area (TPSA) is 38.0 Å². The first-order chi connectivity index (χ1) is 8.52. The molecular formula is C13H14F2N2O. The van der Waals surface area contributed by atoms with Crippen LogP contribution in [0.15, 0.2) is 24.4 Å². The average molecular weight is 252 g/mol. The van der Waals surface area contributed by atoms with E-state index in [1.807, 2.05) is 6.92 Å². The highest BCUT2D eigenvalue weighted by Crippen LogP contribution is 2.24. The molecule has 0 bridgehead atoms. The van der Waals surface area contributed by atoms with E-state index < -0.39 is 17.9 Å². The summed E-state index contributed by atoms with van der Waals surface area (Å²) >= 11 is 0. The van der Waals surface area contributed by atoms with Gasteiger partial charge in [-0.15, -0.1) is 0 Å². The molecule has 0 saturated heterocycles. The largest absolute Gasteiger partial charge is 0.374 e. The molecule has 0 aliphatic rings. The van der Waals surface area contributed by atoms with E-state index in [0.717, 1.165) is 6.07 Å². The van der Waals surface area contributed by atoms with E-state index in [4.69, 9.17) is 0 Å². The van der Waals surface area contributed by atoms with Crippen LogP contribution in [0.1, 0.15) is 25.9 Å². The first-order valence-corrected chi connectivity index (χ1v) is 5.74. The molecule has 0 radical (unpaired) electrons. The smallest absolute Gasteiger partial charge is 0.135 e. The van der Waals surface area contributed by atoms with Gasteiger partial charge in [0.2, 0.25) is 0 Å². The fourth-order valence-electron chi connectivity index (χ4n) is 1.84. The Balaban J connectivity index is 2.51. The number of aryl methyl sites for hydroxylation is 1. The minimum absolute atomic E-state index is 0.227. The molecule has 0 aliphatic heterocycles. The quantitative estimate of drug-likeness (QED) is 0.912. The highest BCUT2D eigenvalue weighted by atomic mass is 19.1. The number of hydrogen-bond donors (Lipinski definition) is 1. The van der Waals surface area contributed by atoms with Gasteiger partial charge in [-0.25, -0.2) is 13.8 Å². The maximum atomic E-state index is 13.6. The molecule has 0 aliphatic carbocycles. The molecule has 18 heavy (non-hydrogen) atoms. The molecule has 1 aromatic heterocycles. The predicted octanol–water partition coefficient (Wildman–Crippen LogP) is 2.90. The fourth-order valence-corrected chi connectivity index (χ4v) is 1.84. The lowest BCUT2D eigenvalue weighted by Crippen LogP contribution is -2.06. The summed E-state index contributed by atoms with van der Waals surface area (Å²) in [6, 6.07) is 3.35. The standard InChI is InChI=1S/C13H14F2N2O/c1-3-13-16-12(7-17(13)8(2)18)10-5-4-9(14)6-11(10)15/h4-8,18H,3H2,1-2H3. The monoisotopic (exact) mass is 252 g/mol. The van der Waals surface area contributed by atoms with Gasteiger partial charge in [-0.3, -0.25) is 0 Å². The van der Waals surface area contributed by atoms with Crippen LogP contribution in [0.3, 0.4) is 0 Å².